The van der Waals surface area contributed by atoms with Gasteiger partial charge < -0.3 is 5.32 Å². The molecule has 2 aromatic heterocycles. The smallest absolute Gasteiger partial charge is 0.262 e. The Labute approximate surface area is 201 Å². The predicted octanol–water partition coefficient (Wildman–Crippen LogP) is 4.32. The molecule has 4 aromatic rings. The number of hydrogen-bond acceptors (Lipinski definition) is 5. The lowest BCUT2D eigenvalue weighted by Crippen LogP contribution is -2.49. The number of nitrogens with zero attached hydrogens (tertiary/aromatic N) is 5. The van der Waals surface area contributed by atoms with Crippen molar-refractivity contribution in [2.45, 2.75) is 32.7 Å². The van der Waals surface area contributed by atoms with Crippen LogP contribution in [0.5, 0.6) is 0 Å². The number of anilines is 1. The molecule has 5 rings (SSSR count). The van der Waals surface area contributed by atoms with Crippen molar-refractivity contribution in [3.8, 4) is 11.3 Å². The number of nitrogens with one attached hydrogen (secondary N) is 1. The first-order valence-electron chi connectivity index (χ1n) is 11.6. The lowest BCUT2D eigenvalue weighted by Gasteiger charge is -2.35. The Hall–Kier alpha value is -3.72. The standard InChI is InChI=1S/C26H26F2N6O/c1-15-11-19(27)12-17-8-10-30-25(23(15)17)34(20-5-4-9-29-14-20)26(35)21-7-6-18(13-22(21)28)24-16(2)33(3)32-31-24/h6-8,10-13,20,29H,4-5,9,14H2,1-3H3/t20-/m1/s1. The Morgan fingerprint density at radius 1 is 1.17 bits per heavy atom. The summed E-state index contributed by atoms with van der Waals surface area (Å²) in [5.74, 6) is -1.08. The molecular weight excluding hydrogens is 450 g/mol. The number of halogens is 2. The van der Waals surface area contributed by atoms with E-state index < -0.39 is 11.7 Å². The minimum atomic E-state index is -0.644. The zero-order chi connectivity index (χ0) is 24.7. The van der Waals surface area contributed by atoms with Gasteiger partial charge >= 0.3 is 0 Å². The number of amides is 1. The third kappa shape index (κ3) is 4.16. The van der Waals surface area contributed by atoms with Crippen LogP contribution in [0.3, 0.4) is 0 Å². The average molecular weight is 477 g/mol. The maximum atomic E-state index is 15.4. The van der Waals surface area contributed by atoms with Crippen LogP contribution in [0.15, 0.2) is 42.6 Å². The first-order chi connectivity index (χ1) is 16.8. The normalized spacial score (nSPS) is 16.0. The van der Waals surface area contributed by atoms with Crippen LogP contribution in [-0.2, 0) is 7.05 Å². The molecule has 0 aliphatic carbocycles. The van der Waals surface area contributed by atoms with Crippen LogP contribution in [0, 0.1) is 25.5 Å². The lowest BCUT2D eigenvalue weighted by atomic mass is 10.00. The summed E-state index contributed by atoms with van der Waals surface area (Å²) in [6, 6.07) is 8.83. The highest BCUT2D eigenvalue weighted by atomic mass is 19.1. The number of carbonyl (C=O) groups excluding carboxylic acids is 1. The number of benzene rings is 2. The molecule has 7 nitrogen and oxygen atoms in total. The zero-order valence-electron chi connectivity index (χ0n) is 19.8. The monoisotopic (exact) mass is 476 g/mol. The van der Waals surface area contributed by atoms with Crippen molar-refractivity contribution in [2.24, 2.45) is 7.05 Å². The Balaban J connectivity index is 1.62. The molecule has 0 bridgehead atoms. The Morgan fingerprint density at radius 3 is 2.69 bits per heavy atom. The van der Waals surface area contributed by atoms with Gasteiger partial charge in [0.25, 0.3) is 5.91 Å². The van der Waals surface area contributed by atoms with Gasteiger partial charge in [0, 0.05) is 30.7 Å². The van der Waals surface area contributed by atoms with Crippen LogP contribution < -0.4 is 10.2 Å². The molecule has 1 aliphatic rings. The number of carbonyl (C=O) groups is 1. The van der Waals surface area contributed by atoms with Gasteiger partial charge in [-0.15, -0.1) is 5.10 Å². The summed E-state index contributed by atoms with van der Waals surface area (Å²) in [6.45, 7) is 5.05. The molecule has 0 saturated carbocycles. The highest BCUT2D eigenvalue weighted by molar-refractivity contribution is 6.11. The SMILES string of the molecule is Cc1cc(F)cc2ccnc(N(C(=O)c3ccc(-c4nnn(C)c4C)cc3F)[C@@H]3CCCNC3)c12. The summed E-state index contributed by atoms with van der Waals surface area (Å²) in [5.41, 5.74) is 2.51. The van der Waals surface area contributed by atoms with Gasteiger partial charge in [0.05, 0.1) is 17.3 Å². The summed E-state index contributed by atoms with van der Waals surface area (Å²) >= 11 is 0. The van der Waals surface area contributed by atoms with Crippen LogP contribution in [0.25, 0.3) is 22.0 Å². The van der Waals surface area contributed by atoms with Crippen molar-refractivity contribution >= 4 is 22.5 Å². The Bertz CT molecular complexity index is 1430. The molecule has 3 heterocycles. The van der Waals surface area contributed by atoms with E-state index in [2.05, 4.69) is 20.6 Å². The first-order valence-corrected chi connectivity index (χ1v) is 11.6. The van der Waals surface area contributed by atoms with Crippen LogP contribution >= 0.6 is 0 Å². The number of piperidine rings is 1. The van der Waals surface area contributed by atoms with E-state index in [1.54, 1.807) is 41.9 Å². The molecule has 1 atom stereocenters. The highest BCUT2D eigenvalue weighted by Crippen LogP contribution is 2.33. The largest absolute Gasteiger partial charge is 0.315 e. The summed E-state index contributed by atoms with van der Waals surface area (Å²) in [5, 5.41) is 12.7. The summed E-state index contributed by atoms with van der Waals surface area (Å²) < 4.78 is 31.1. The van der Waals surface area contributed by atoms with E-state index in [1.807, 2.05) is 6.92 Å². The summed E-state index contributed by atoms with van der Waals surface area (Å²) in [4.78, 5) is 20.0. The van der Waals surface area contributed by atoms with Gasteiger partial charge in [0.15, 0.2) is 0 Å². The van der Waals surface area contributed by atoms with Crippen LogP contribution in [-0.4, -0.2) is 45.0 Å². The van der Waals surface area contributed by atoms with E-state index in [4.69, 9.17) is 0 Å². The van der Waals surface area contributed by atoms with E-state index in [-0.39, 0.29) is 17.4 Å². The van der Waals surface area contributed by atoms with Crippen molar-refractivity contribution in [2.75, 3.05) is 18.0 Å². The minimum Gasteiger partial charge on any atom is -0.315 e. The number of fused-ring (bicyclic) bond motifs is 1. The van der Waals surface area contributed by atoms with Gasteiger partial charge in [-0.1, -0.05) is 11.3 Å². The van der Waals surface area contributed by atoms with Crippen molar-refractivity contribution in [3.63, 3.8) is 0 Å². The molecule has 1 saturated heterocycles. The fourth-order valence-electron chi connectivity index (χ4n) is 4.77. The van der Waals surface area contributed by atoms with Gasteiger partial charge in [0.1, 0.15) is 23.1 Å². The number of aromatic nitrogens is 4. The van der Waals surface area contributed by atoms with E-state index in [1.165, 1.54) is 24.3 Å². The molecule has 0 spiro atoms. The van der Waals surface area contributed by atoms with Crippen LogP contribution in [0.4, 0.5) is 14.6 Å². The zero-order valence-corrected chi connectivity index (χ0v) is 19.8. The van der Waals surface area contributed by atoms with Gasteiger partial charge in [-0.05, 0) is 74.5 Å². The number of aryl methyl sites for hydroxylation is 2. The Morgan fingerprint density at radius 2 is 2.00 bits per heavy atom. The maximum absolute atomic E-state index is 15.4. The third-order valence-electron chi connectivity index (χ3n) is 6.67. The van der Waals surface area contributed by atoms with E-state index in [0.29, 0.717) is 40.0 Å². The molecule has 1 aliphatic heterocycles. The third-order valence-corrected chi connectivity index (χ3v) is 6.67. The minimum absolute atomic E-state index is 0.0561. The quantitative estimate of drug-likeness (QED) is 0.475. The second-order valence-electron chi connectivity index (χ2n) is 8.97. The molecule has 180 valence electrons. The van der Waals surface area contributed by atoms with Crippen molar-refractivity contribution in [1.82, 2.24) is 25.3 Å². The second kappa shape index (κ2) is 9.14. The summed E-state index contributed by atoms with van der Waals surface area (Å²) in [7, 11) is 1.77. The topological polar surface area (TPSA) is 75.9 Å². The van der Waals surface area contributed by atoms with Gasteiger partial charge in [-0.2, -0.15) is 0 Å². The van der Waals surface area contributed by atoms with Crippen LogP contribution in [0.2, 0.25) is 0 Å². The molecule has 0 unspecified atom stereocenters. The number of pyridine rings is 1. The lowest BCUT2D eigenvalue weighted by molar-refractivity contribution is 0.0968. The molecule has 35 heavy (non-hydrogen) atoms. The van der Waals surface area contributed by atoms with Crippen molar-refractivity contribution in [3.05, 3.63) is 71.1 Å². The van der Waals surface area contributed by atoms with Crippen LogP contribution in [0.1, 0.15) is 34.5 Å². The average Bonchev–Trinajstić information content (AvgIpc) is 3.17. The fourth-order valence-corrected chi connectivity index (χ4v) is 4.77. The molecule has 0 radical (unpaired) electrons. The molecule has 9 heteroatoms. The second-order valence-corrected chi connectivity index (χ2v) is 8.97. The van der Waals surface area contributed by atoms with Gasteiger partial charge in [-0.3, -0.25) is 14.4 Å². The summed E-state index contributed by atoms with van der Waals surface area (Å²) in [6.07, 6.45) is 3.18. The predicted molar refractivity (Wildman–Crippen MR) is 130 cm³/mol. The van der Waals surface area contributed by atoms with Gasteiger partial charge in [0.2, 0.25) is 0 Å². The molecule has 1 N–H and O–H groups in total. The Kier molecular flexibility index (Phi) is 6.02. The molecular formula is C26H26F2N6O. The van der Waals surface area contributed by atoms with E-state index in [9.17, 15) is 9.18 Å². The first kappa shape index (κ1) is 23.0. The fraction of sp³-hybridized carbons (Fsp3) is 0.308. The van der Waals surface area contributed by atoms with Crippen molar-refractivity contribution in [1.29, 1.82) is 0 Å². The maximum Gasteiger partial charge on any atom is 0.262 e. The number of hydrogen-bond donors (Lipinski definition) is 1. The van der Waals surface area contributed by atoms with E-state index in [0.717, 1.165) is 25.1 Å². The van der Waals surface area contributed by atoms with Crippen molar-refractivity contribution < 1.29 is 13.6 Å². The van der Waals surface area contributed by atoms with E-state index >= 15 is 4.39 Å². The molecule has 2 aromatic carbocycles. The number of rotatable bonds is 4. The highest BCUT2D eigenvalue weighted by Gasteiger charge is 2.32. The molecule has 1 amide bonds. The molecule has 1 fully saturated rings. The van der Waals surface area contributed by atoms with Gasteiger partial charge in [-0.25, -0.2) is 13.8 Å².